The predicted octanol–water partition coefficient (Wildman–Crippen LogP) is 2.14. The van der Waals surface area contributed by atoms with Crippen LogP contribution in [0.15, 0.2) is 30.5 Å². The molecule has 0 spiro atoms. The molecule has 156 valence electrons. The number of primary amides is 2. The van der Waals surface area contributed by atoms with Gasteiger partial charge in [-0.2, -0.15) is 0 Å². The van der Waals surface area contributed by atoms with Crippen molar-refractivity contribution in [1.82, 2.24) is 9.97 Å². The molecule has 0 fully saturated rings. The Hall–Kier alpha value is -3.57. The maximum Gasteiger partial charge on any atom is 0.573 e. The first-order valence-electron chi connectivity index (χ1n) is 8.32. The van der Waals surface area contributed by atoms with E-state index in [0.29, 0.717) is 0 Å². The molecule has 0 aliphatic rings. The number of nitrogens with zero attached hydrogens (tertiary/aromatic N) is 2. The van der Waals surface area contributed by atoms with Gasteiger partial charge >= 0.3 is 6.36 Å². The topological polar surface area (TPSA) is 145 Å². The first kappa shape index (κ1) is 21.7. The van der Waals surface area contributed by atoms with Crippen LogP contribution < -0.4 is 26.8 Å². The molecule has 2 atom stereocenters. The molecule has 0 radical (unpaired) electrons. The Labute approximate surface area is 163 Å². The summed E-state index contributed by atoms with van der Waals surface area (Å²) in [4.78, 5) is 31.0. The molecule has 0 saturated heterocycles. The van der Waals surface area contributed by atoms with Crippen molar-refractivity contribution in [3.63, 3.8) is 0 Å². The Kier molecular flexibility index (Phi) is 6.46. The molecular formula is C17H19F3N6O3. The van der Waals surface area contributed by atoms with Gasteiger partial charge in [0.1, 0.15) is 11.6 Å². The third kappa shape index (κ3) is 6.23. The third-order valence-corrected chi connectivity index (χ3v) is 3.91. The van der Waals surface area contributed by atoms with Gasteiger partial charge in [-0.05, 0) is 19.1 Å². The number of anilines is 3. The average molecular weight is 412 g/mol. The van der Waals surface area contributed by atoms with Gasteiger partial charge in [0.05, 0.1) is 12.1 Å². The second kappa shape index (κ2) is 8.63. The number of amides is 2. The van der Waals surface area contributed by atoms with E-state index in [2.05, 4.69) is 25.3 Å². The Morgan fingerprint density at radius 1 is 1.21 bits per heavy atom. The number of carbonyl (C=O) groups is 2. The second-order valence-electron chi connectivity index (χ2n) is 6.14. The number of hydrogen-bond donors (Lipinski definition) is 4. The van der Waals surface area contributed by atoms with Gasteiger partial charge in [0, 0.05) is 17.8 Å². The number of ether oxygens (including phenoxy) is 1. The van der Waals surface area contributed by atoms with E-state index in [-0.39, 0.29) is 23.0 Å². The van der Waals surface area contributed by atoms with Crippen molar-refractivity contribution in [2.24, 2.45) is 17.4 Å². The van der Waals surface area contributed by atoms with Crippen molar-refractivity contribution in [3.8, 4) is 5.75 Å². The van der Waals surface area contributed by atoms with Gasteiger partial charge in [0.25, 0.3) is 5.91 Å². The van der Waals surface area contributed by atoms with Crippen molar-refractivity contribution in [3.05, 3.63) is 36.2 Å². The van der Waals surface area contributed by atoms with E-state index < -0.39 is 35.9 Å². The smallest absolute Gasteiger partial charge is 0.406 e. The van der Waals surface area contributed by atoms with Gasteiger partial charge < -0.3 is 26.8 Å². The molecule has 0 bridgehead atoms. The summed E-state index contributed by atoms with van der Waals surface area (Å²) < 4.78 is 41.1. The summed E-state index contributed by atoms with van der Waals surface area (Å²) in [5, 5.41) is 5.61. The Bertz CT molecular complexity index is 906. The first-order valence-corrected chi connectivity index (χ1v) is 8.32. The van der Waals surface area contributed by atoms with Crippen LogP contribution >= 0.6 is 0 Å². The fraction of sp³-hybridized carbons (Fsp3) is 0.294. The maximum absolute atomic E-state index is 12.4. The minimum atomic E-state index is -4.85. The van der Waals surface area contributed by atoms with Crippen LogP contribution in [0.4, 0.5) is 30.5 Å². The zero-order chi connectivity index (χ0) is 21.8. The van der Waals surface area contributed by atoms with Crippen molar-refractivity contribution >= 4 is 29.1 Å². The van der Waals surface area contributed by atoms with Gasteiger partial charge in [-0.3, -0.25) is 9.59 Å². The van der Waals surface area contributed by atoms with Crippen molar-refractivity contribution in [1.29, 1.82) is 0 Å². The quantitative estimate of drug-likeness (QED) is 0.520. The molecule has 1 aromatic heterocycles. The minimum Gasteiger partial charge on any atom is -0.406 e. The maximum atomic E-state index is 12.4. The predicted molar refractivity (Wildman–Crippen MR) is 98.4 cm³/mol. The molecule has 12 heteroatoms. The van der Waals surface area contributed by atoms with E-state index in [1.54, 1.807) is 13.8 Å². The lowest BCUT2D eigenvalue weighted by molar-refractivity contribution is -0.274. The van der Waals surface area contributed by atoms with E-state index >= 15 is 0 Å². The number of nitrogens with one attached hydrogen (secondary N) is 2. The first-order chi connectivity index (χ1) is 13.5. The van der Waals surface area contributed by atoms with E-state index in [0.717, 1.165) is 12.1 Å². The Morgan fingerprint density at radius 2 is 1.90 bits per heavy atom. The molecule has 9 nitrogen and oxygen atoms in total. The van der Waals surface area contributed by atoms with Crippen molar-refractivity contribution in [2.75, 3.05) is 10.6 Å². The van der Waals surface area contributed by atoms with E-state index in [1.165, 1.54) is 18.3 Å². The molecule has 2 unspecified atom stereocenters. The number of aromatic nitrogens is 2. The van der Waals surface area contributed by atoms with E-state index in [9.17, 15) is 22.8 Å². The molecular weight excluding hydrogens is 393 g/mol. The zero-order valence-corrected chi connectivity index (χ0v) is 15.4. The summed E-state index contributed by atoms with van der Waals surface area (Å²) in [7, 11) is 0. The number of alkyl halides is 3. The molecule has 6 N–H and O–H groups in total. The molecule has 29 heavy (non-hydrogen) atoms. The molecule has 1 heterocycles. The van der Waals surface area contributed by atoms with Crippen LogP contribution in [-0.2, 0) is 4.79 Å². The Balaban J connectivity index is 2.30. The summed E-state index contributed by atoms with van der Waals surface area (Å²) in [6.45, 7) is 3.32. The highest BCUT2D eigenvalue weighted by Gasteiger charge is 2.31. The number of benzene rings is 1. The molecule has 0 aliphatic carbocycles. The number of carbonyl (C=O) groups excluding carboxylic acids is 2. The van der Waals surface area contributed by atoms with Crippen LogP contribution in [0.1, 0.15) is 24.3 Å². The lowest BCUT2D eigenvalue weighted by Crippen LogP contribution is -2.34. The van der Waals surface area contributed by atoms with Gasteiger partial charge in [-0.15, -0.1) is 13.2 Å². The zero-order valence-electron chi connectivity index (χ0n) is 15.4. The van der Waals surface area contributed by atoms with Crippen LogP contribution in [0.3, 0.4) is 0 Å². The fourth-order valence-electron chi connectivity index (χ4n) is 2.24. The highest BCUT2D eigenvalue weighted by atomic mass is 19.4. The molecule has 1 aromatic carbocycles. The summed E-state index contributed by atoms with van der Waals surface area (Å²) in [6, 6.07) is 4.53. The van der Waals surface area contributed by atoms with Crippen LogP contribution in [0.2, 0.25) is 0 Å². The van der Waals surface area contributed by atoms with Crippen LogP contribution in [0.25, 0.3) is 0 Å². The average Bonchev–Trinajstić information content (AvgIpc) is 2.59. The molecule has 2 rings (SSSR count). The number of halogens is 3. The fourth-order valence-corrected chi connectivity index (χ4v) is 2.24. The number of nitrogens with two attached hydrogens (primary N) is 2. The van der Waals surface area contributed by atoms with Crippen LogP contribution in [0.5, 0.6) is 5.75 Å². The summed E-state index contributed by atoms with van der Waals surface area (Å²) >= 11 is 0. The van der Waals surface area contributed by atoms with Gasteiger partial charge in [0.2, 0.25) is 5.91 Å². The summed E-state index contributed by atoms with van der Waals surface area (Å²) in [6.07, 6.45) is -3.62. The lowest BCUT2D eigenvalue weighted by atomic mass is 10.0. The second-order valence-corrected chi connectivity index (χ2v) is 6.14. The molecule has 2 amide bonds. The minimum absolute atomic E-state index is 0.0920. The van der Waals surface area contributed by atoms with E-state index in [4.69, 9.17) is 11.5 Å². The lowest BCUT2D eigenvalue weighted by Gasteiger charge is -2.19. The standard InChI is InChI=1S/C17H19F3N6O3/c1-8(14(21)27)9(2)24-12-7-23-13(15(22)28)16(26-12)25-10-4-3-5-11(6-10)29-17(18,19)20/h3-9H,1-2H3,(H2,21,27)(H2,22,28)(H2,24,25,26). The van der Waals surface area contributed by atoms with Crippen LogP contribution in [0, 0.1) is 5.92 Å². The van der Waals surface area contributed by atoms with Gasteiger partial charge in [0.15, 0.2) is 11.5 Å². The van der Waals surface area contributed by atoms with Crippen molar-refractivity contribution in [2.45, 2.75) is 26.3 Å². The molecule has 2 aromatic rings. The number of rotatable bonds is 8. The Morgan fingerprint density at radius 3 is 2.48 bits per heavy atom. The van der Waals surface area contributed by atoms with Crippen LogP contribution in [-0.4, -0.2) is 34.2 Å². The highest BCUT2D eigenvalue weighted by Crippen LogP contribution is 2.27. The summed E-state index contributed by atoms with van der Waals surface area (Å²) in [5.41, 5.74) is 10.5. The molecule has 0 aliphatic heterocycles. The van der Waals surface area contributed by atoms with Gasteiger partial charge in [-0.1, -0.05) is 13.0 Å². The van der Waals surface area contributed by atoms with E-state index in [1.807, 2.05) is 0 Å². The summed E-state index contributed by atoms with van der Waals surface area (Å²) in [5.74, 6) is -2.31. The third-order valence-electron chi connectivity index (χ3n) is 3.91. The normalized spacial score (nSPS) is 13.3. The largest absolute Gasteiger partial charge is 0.573 e. The van der Waals surface area contributed by atoms with Gasteiger partial charge in [-0.25, -0.2) is 9.97 Å². The highest BCUT2D eigenvalue weighted by molar-refractivity contribution is 5.96. The SMILES string of the molecule is CC(Nc1cnc(C(N)=O)c(Nc2cccc(OC(F)(F)F)c2)n1)C(C)C(N)=O. The number of hydrogen-bond acceptors (Lipinski definition) is 7. The molecule has 0 saturated carbocycles. The monoisotopic (exact) mass is 412 g/mol. The van der Waals surface area contributed by atoms with Crippen molar-refractivity contribution < 1.29 is 27.5 Å².